The molecule has 2 aromatic carbocycles. The van der Waals surface area contributed by atoms with Crippen molar-refractivity contribution in [3.05, 3.63) is 59.7 Å². The maximum Gasteiger partial charge on any atom is 0.165 e. The van der Waals surface area contributed by atoms with Crippen molar-refractivity contribution in [3.8, 4) is 11.5 Å². The van der Waals surface area contributed by atoms with Gasteiger partial charge in [-0.2, -0.15) is 0 Å². The fourth-order valence-corrected chi connectivity index (χ4v) is 1.61. The van der Waals surface area contributed by atoms with Crippen molar-refractivity contribution in [3.63, 3.8) is 0 Å². The standard InChI is InChI=1S/C14H13F2NO/c1-9(17)11-8-10(15)6-7-13(11)18-14-5-3-2-4-12(14)16/h2-9H,17H2,1H3/t9-/m0/s1. The zero-order valence-corrected chi connectivity index (χ0v) is 9.86. The average Bonchev–Trinajstić information content (AvgIpc) is 2.34. The molecular weight excluding hydrogens is 236 g/mol. The molecule has 94 valence electrons. The van der Waals surface area contributed by atoms with Gasteiger partial charge in [0, 0.05) is 11.6 Å². The zero-order chi connectivity index (χ0) is 13.1. The fourth-order valence-electron chi connectivity index (χ4n) is 1.61. The van der Waals surface area contributed by atoms with E-state index in [1.54, 1.807) is 19.1 Å². The summed E-state index contributed by atoms with van der Waals surface area (Å²) in [6.45, 7) is 1.71. The van der Waals surface area contributed by atoms with Gasteiger partial charge in [0.15, 0.2) is 11.6 Å². The third-order valence-electron chi connectivity index (χ3n) is 2.52. The first kappa shape index (κ1) is 12.5. The molecule has 2 N–H and O–H groups in total. The van der Waals surface area contributed by atoms with E-state index in [9.17, 15) is 8.78 Å². The molecular formula is C14H13F2NO. The van der Waals surface area contributed by atoms with Gasteiger partial charge in [0.1, 0.15) is 11.6 Å². The number of nitrogens with two attached hydrogens (primary N) is 1. The van der Waals surface area contributed by atoms with Crippen LogP contribution in [0.25, 0.3) is 0 Å². The molecule has 0 amide bonds. The summed E-state index contributed by atoms with van der Waals surface area (Å²) in [5.41, 5.74) is 6.23. The minimum absolute atomic E-state index is 0.0889. The van der Waals surface area contributed by atoms with E-state index in [2.05, 4.69) is 0 Å². The predicted octanol–water partition coefficient (Wildman–Crippen LogP) is 3.78. The molecule has 2 aromatic rings. The Kier molecular flexibility index (Phi) is 3.58. The van der Waals surface area contributed by atoms with Crippen molar-refractivity contribution < 1.29 is 13.5 Å². The number of ether oxygens (including phenoxy) is 1. The molecule has 2 rings (SSSR count). The second-order valence-electron chi connectivity index (χ2n) is 4.00. The van der Waals surface area contributed by atoms with E-state index in [0.717, 1.165) is 0 Å². The first-order chi connectivity index (χ1) is 8.58. The summed E-state index contributed by atoms with van der Waals surface area (Å²) in [4.78, 5) is 0. The highest BCUT2D eigenvalue weighted by molar-refractivity contribution is 5.40. The highest BCUT2D eigenvalue weighted by Crippen LogP contribution is 2.30. The van der Waals surface area contributed by atoms with Gasteiger partial charge in [-0.25, -0.2) is 8.78 Å². The van der Waals surface area contributed by atoms with Crippen LogP contribution in [0.3, 0.4) is 0 Å². The molecule has 0 aliphatic carbocycles. The van der Waals surface area contributed by atoms with Gasteiger partial charge in [-0.1, -0.05) is 12.1 Å². The summed E-state index contributed by atoms with van der Waals surface area (Å²) in [6.07, 6.45) is 0. The van der Waals surface area contributed by atoms with E-state index < -0.39 is 17.7 Å². The topological polar surface area (TPSA) is 35.2 Å². The van der Waals surface area contributed by atoms with E-state index in [4.69, 9.17) is 10.5 Å². The number of para-hydroxylation sites is 1. The number of hydrogen-bond acceptors (Lipinski definition) is 2. The third-order valence-corrected chi connectivity index (χ3v) is 2.52. The molecule has 0 aliphatic heterocycles. The molecule has 0 saturated heterocycles. The molecule has 0 unspecified atom stereocenters. The van der Waals surface area contributed by atoms with E-state index in [0.29, 0.717) is 11.3 Å². The summed E-state index contributed by atoms with van der Waals surface area (Å²) in [7, 11) is 0. The molecule has 0 radical (unpaired) electrons. The van der Waals surface area contributed by atoms with Gasteiger partial charge < -0.3 is 10.5 Å². The van der Waals surface area contributed by atoms with Crippen LogP contribution < -0.4 is 10.5 Å². The normalized spacial score (nSPS) is 12.2. The molecule has 18 heavy (non-hydrogen) atoms. The van der Waals surface area contributed by atoms with Crippen LogP contribution in [0.5, 0.6) is 11.5 Å². The third kappa shape index (κ3) is 2.65. The lowest BCUT2D eigenvalue weighted by Crippen LogP contribution is -2.07. The van der Waals surface area contributed by atoms with Crippen molar-refractivity contribution in [1.29, 1.82) is 0 Å². The van der Waals surface area contributed by atoms with Gasteiger partial charge >= 0.3 is 0 Å². The Labute approximate surface area is 104 Å². The maximum atomic E-state index is 13.5. The van der Waals surface area contributed by atoms with Gasteiger partial charge in [-0.15, -0.1) is 0 Å². The lowest BCUT2D eigenvalue weighted by molar-refractivity contribution is 0.433. The van der Waals surface area contributed by atoms with Crippen LogP contribution in [0.1, 0.15) is 18.5 Å². The van der Waals surface area contributed by atoms with Gasteiger partial charge in [0.05, 0.1) is 0 Å². The van der Waals surface area contributed by atoms with Gasteiger partial charge in [-0.3, -0.25) is 0 Å². The van der Waals surface area contributed by atoms with Crippen molar-refractivity contribution in [2.45, 2.75) is 13.0 Å². The van der Waals surface area contributed by atoms with Crippen LogP contribution in [-0.4, -0.2) is 0 Å². The Morgan fingerprint density at radius 1 is 1.06 bits per heavy atom. The molecule has 1 atom stereocenters. The molecule has 0 aromatic heterocycles. The molecule has 0 saturated carbocycles. The fraction of sp³-hybridized carbons (Fsp3) is 0.143. The molecule has 2 nitrogen and oxygen atoms in total. The Hall–Kier alpha value is -1.94. The lowest BCUT2D eigenvalue weighted by atomic mass is 10.1. The highest BCUT2D eigenvalue weighted by Gasteiger charge is 2.12. The van der Waals surface area contributed by atoms with E-state index in [1.165, 1.54) is 30.3 Å². The largest absolute Gasteiger partial charge is 0.454 e. The Morgan fingerprint density at radius 2 is 1.78 bits per heavy atom. The van der Waals surface area contributed by atoms with Crippen LogP contribution in [-0.2, 0) is 0 Å². The summed E-state index contributed by atoms with van der Waals surface area (Å²) in [5, 5.41) is 0. The molecule has 0 bridgehead atoms. The highest BCUT2D eigenvalue weighted by atomic mass is 19.1. The van der Waals surface area contributed by atoms with Crippen LogP contribution in [0.4, 0.5) is 8.78 Å². The minimum Gasteiger partial charge on any atom is -0.454 e. The number of halogens is 2. The van der Waals surface area contributed by atoms with Gasteiger partial charge in [0.25, 0.3) is 0 Å². The Balaban J connectivity index is 2.37. The summed E-state index contributed by atoms with van der Waals surface area (Å²) >= 11 is 0. The van der Waals surface area contributed by atoms with Crippen LogP contribution in [0.15, 0.2) is 42.5 Å². The monoisotopic (exact) mass is 249 g/mol. The van der Waals surface area contributed by atoms with Crippen molar-refractivity contribution >= 4 is 0 Å². The zero-order valence-electron chi connectivity index (χ0n) is 9.86. The SMILES string of the molecule is C[C@H](N)c1cc(F)ccc1Oc1ccccc1F. The number of hydrogen-bond donors (Lipinski definition) is 1. The van der Waals surface area contributed by atoms with Crippen molar-refractivity contribution in [2.75, 3.05) is 0 Å². The summed E-state index contributed by atoms with van der Waals surface area (Å²) in [6, 6.07) is 9.62. The molecule has 0 fully saturated rings. The van der Waals surface area contributed by atoms with Crippen LogP contribution >= 0.6 is 0 Å². The quantitative estimate of drug-likeness (QED) is 0.898. The van der Waals surface area contributed by atoms with Crippen LogP contribution in [0, 0.1) is 11.6 Å². The van der Waals surface area contributed by atoms with Gasteiger partial charge in [0.2, 0.25) is 0 Å². The van der Waals surface area contributed by atoms with Gasteiger partial charge in [-0.05, 0) is 37.3 Å². The first-order valence-corrected chi connectivity index (χ1v) is 5.55. The molecule has 4 heteroatoms. The first-order valence-electron chi connectivity index (χ1n) is 5.55. The van der Waals surface area contributed by atoms with Crippen molar-refractivity contribution in [2.24, 2.45) is 5.73 Å². The summed E-state index contributed by atoms with van der Waals surface area (Å²) in [5.74, 6) is -0.428. The van der Waals surface area contributed by atoms with E-state index in [-0.39, 0.29) is 5.75 Å². The second-order valence-corrected chi connectivity index (χ2v) is 4.00. The maximum absolute atomic E-state index is 13.5. The Morgan fingerprint density at radius 3 is 2.44 bits per heavy atom. The van der Waals surface area contributed by atoms with E-state index in [1.807, 2.05) is 0 Å². The molecule has 0 spiro atoms. The van der Waals surface area contributed by atoms with E-state index >= 15 is 0 Å². The Bertz CT molecular complexity index is 555. The van der Waals surface area contributed by atoms with Crippen LogP contribution in [0.2, 0.25) is 0 Å². The summed E-state index contributed by atoms with van der Waals surface area (Å²) < 4.78 is 32.0. The predicted molar refractivity (Wildman–Crippen MR) is 65.5 cm³/mol. The smallest absolute Gasteiger partial charge is 0.165 e. The van der Waals surface area contributed by atoms with Crippen molar-refractivity contribution in [1.82, 2.24) is 0 Å². The average molecular weight is 249 g/mol. The number of benzene rings is 2. The molecule has 0 heterocycles. The minimum atomic E-state index is -0.475. The lowest BCUT2D eigenvalue weighted by Gasteiger charge is -2.14. The second kappa shape index (κ2) is 5.14. The molecule has 0 aliphatic rings. The number of rotatable bonds is 3.